The molecule has 0 aliphatic rings. The van der Waals surface area contributed by atoms with Crippen molar-refractivity contribution < 1.29 is 13.9 Å². The van der Waals surface area contributed by atoms with Gasteiger partial charge in [-0.1, -0.05) is 0 Å². The number of nitrogens with one attached hydrogen (secondary N) is 1. The first-order valence-electron chi connectivity index (χ1n) is 6.01. The van der Waals surface area contributed by atoms with E-state index in [9.17, 15) is 4.79 Å². The molecule has 2 amide bonds. The van der Waals surface area contributed by atoms with E-state index in [4.69, 9.17) is 9.15 Å². The van der Waals surface area contributed by atoms with Crippen molar-refractivity contribution in [3.05, 3.63) is 36.0 Å². The number of furan rings is 1. The van der Waals surface area contributed by atoms with Crippen LogP contribution in [0.15, 0.2) is 29.1 Å². The number of carbonyl (C=O) groups excluding carboxylic acids is 1. The van der Waals surface area contributed by atoms with E-state index in [1.807, 2.05) is 13.0 Å². The molecule has 0 saturated carbocycles. The van der Waals surface area contributed by atoms with Gasteiger partial charge in [0.25, 0.3) is 0 Å². The van der Waals surface area contributed by atoms with Crippen LogP contribution in [-0.4, -0.2) is 35.1 Å². The molecular weight excluding hydrogens is 260 g/mol. The number of anilines is 1. The quantitative estimate of drug-likeness (QED) is 0.924. The zero-order valence-electron chi connectivity index (χ0n) is 11.6. The Hall–Kier alpha value is -2.57. The van der Waals surface area contributed by atoms with Crippen LogP contribution in [0.5, 0.6) is 5.88 Å². The van der Waals surface area contributed by atoms with Crippen molar-refractivity contribution in [1.29, 1.82) is 0 Å². The second-order valence-electron chi connectivity index (χ2n) is 4.23. The molecular formula is C13H16N4O3. The summed E-state index contributed by atoms with van der Waals surface area (Å²) in [6.45, 7) is 2.31. The Labute approximate surface area is 116 Å². The first-order chi connectivity index (χ1) is 9.60. The van der Waals surface area contributed by atoms with E-state index >= 15 is 0 Å². The monoisotopic (exact) mass is 276 g/mol. The normalized spacial score (nSPS) is 10.2. The Morgan fingerprint density at radius 1 is 1.50 bits per heavy atom. The Morgan fingerprint density at radius 3 is 2.95 bits per heavy atom. The first kappa shape index (κ1) is 13.9. The van der Waals surface area contributed by atoms with Crippen LogP contribution in [0, 0.1) is 6.92 Å². The van der Waals surface area contributed by atoms with Crippen molar-refractivity contribution in [2.24, 2.45) is 0 Å². The van der Waals surface area contributed by atoms with Gasteiger partial charge in [-0.3, -0.25) is 5.32 Å². The standard InChI is InChI=1S/C13H16N4O3/c1-9-10(4-5-20-9)7-17(2)13(18)16-11-6-12(19-3)15-8-14-11/h4-6,8H,7H2,1-3H3,(H,14,15,16,18). The van der Waals surface area contributed by atoms with Crippen LogP contribution in [0.2, 0.25) is 0 Å². The van der Waals surface area contributed by atoms with Gasteiger partial charge in [-0.15, -0.1) is 0 Å². The molecule has 0 aliphatic heterocycles. The highest BCUT2D eigenvalue weighted by Gasteiger charge is 2.12. The van der Waals surface area contributed by atoms with Gasteiger partial charge in [0.2, 0.25) is 5.88 Å². The minimum absolute atomic E-state index is 0.272. The summed E-state index contributed by atoms with van der Waals surface area (Å²) >= 11 is 0. The third-order valence-electron chi connectivity index (χ3n) is 2.81. The Balaban J connectivity index is 1.98. The Kier molecular flexibility index (Phi) is 4.19. The van der Waals surface area contributed by atoms with Gasteiger partial charge in [-0.2, -0.15) is 0 Å². The molecule has 2 heterocycles. The SMILES string of the molecule is COc1cc(NC(=O)N(C)Cc2ccoc2C)ncn1. The molecule has 20 heavy (non-hydrogen) atoms. The van der Waals surface area contributed by atoms with Crippen molar-refractivity contribution in [3.8, 4) is 5.88 Å². The molecule has 0 aromatic carbocycles. The van der Waals surface area contributed by atoms with Crippen LogP contribution < -0.4 is 10.1 Å². The minimum atomic E-state index is -0.272. The molecule has 0 radical (unpaired) electrons. The van der Waals surface area contributed by atoms with E-state index in [0.29, 0.717) is 18.2 Å². The maximum Gasteiger partial charge on any atom is 0.323 e. The highest BCUT2D eigenvalue weighted by molar-refractivity contribution is 5.88. The molecule has 0 fully saturated rings. The van der Waals surface area contributed by atoms with Crippen LogP contribution >= 0.6 is 0 Å². The number of rotatable bonds is 4. The smallest absolute Gasteiger partial charge is 0.323 e. The predicted octanol–water partition coefficient (Wildman–Crippen LogP) is 2.05. The lowest BCUT2D eigenvalue weighted by molar-refractivity contribution is 0.220. The topological polar surface area (TPSA) is 80.5 Å². The molecule has 0 bridgehead atoms. The summed E-state index contributed by atoms with van der Waals surface area (Å²) in [5.41, 5.74) is 0.961. The van der Waals surface area contributed by atoms with Crippen LogP contribution in [-0.2, 0) is 6.54 Å². The second-order valence-corrected chi connectivity index (χ2v) is 4.23. The molecule has 0 unspecified atom stereocenters. The van der Waals surface area contributed by atoms with Gasteiger partial charge in [-0.05, 0) is 13.0 Å². The molecule has 0 saturated heterocycles. The predicted molar refractivity (Wildman–Crippen MR) is 72.5 cm³/mol. The highest BCUT2D eigenvalue weighted by atomic mass is 16.5. The minimum Gasteiger partial charge on any atom is -0.481 e. The number of aromatic nitrogens is 2. The lowest BCUT2D eigenvalue weighted by Gasteiger charge is -2.17. The van der Waals surface area contributed by atoms with E-state index in [2.05, 4.69) is 15.3 Å². The fourth-order valence-electron chi connectivity index (χ4n) is 1.63. The van der Waals surface area contributed by atoms with Crippen LogP contribution in [0.4, 0.5) is 10.6 Å². The van der Waals surface area contributed by atoms with Crippen molar-refractivity contribution >= 4 is 11.8 Å². The third-order valence-corrected chi connectivity index (χ3v) is 2.81. The van der Waals surface area contributed by atoms with E-state index in [1.165, 1.54) is 18.3 Å². The number of urea groups is 1. The molecule has 2 aromatic rings. The summed E-state index contributed by atoms with van der Waals surface area (Å²) in [6.07, 6.45) is 2.93. The fourth-order valence-corrected chi connectivity index (χ4v) is 1.63. The largest absolute Gasteiger partial charge is 0.481 e. The summed E-state index contributed by atoms with van der Waals surface area (Å²) in [7, 11) is 3.20. The van der Waals surface area contributed by atoms with Gasteiger partial charge in [0.1, 0.15) is 17.9 Å². The fraction of sp³-hybridized carbons (Fsp3) is 0.308. The summed E-state index contributed by atoms with van der Waals surface area (Å²) in [6, 6.07) is 3.12. The molecule has 2 aromatic heterocycles. The summed E-state index contributed by atoms with van der Waals surface area (Å²) in [5.74, 6) is 1.58. The van der Waals surface area contributed by atoms with Gasteiger partial charge in [0.05, 0.1) is 19.9 Å². The van der Waals surface area contributed by atoms with Crippen molar-refractivity contribution in [1.82, 2.24) is 14.9 Å². The first-order valence-corrected chi connectivity index (χ1v) is 6.01. The van der Waals surface area contributed by atoms with Gasteiger partial charge >= 0.3 is 6.03 Å². The van der Waals surface area contributed by atoms with E-state index < -0.39 is 0 Å². The van der Waals surface area contributed by atoms with Crippen molar-refractivity contribution in [3.63, 3.8) is 0 Å². The maximum absolute atomic E-state index is 12.0. The van der Waals surface area contributed by atoms with Gasteiger partial charge < -0.3 is 14.1 Å². The number of hydrogen-bond acceptors (Lipinski definition) is 5. The summed E-state index contributed by atoms with van der Waals surface area (Å²) in [4.78, 5) is 21.4. The number of ether oxygens (including phenoxy) is 1. The molecule has 106 valence electrons. The lowest BCUT2D eigenvalue weighted by Crippen LogP contribution is -2.31. The summed E-state index contributed by atoms with van der Waals surface area (Å²) < 4.78 is 10.2. The number of hydrogen-bond donors (Lipinski definition) is 1. The van der Waals surface area contributed by atoms with Gasteiger partial charge in [0, 0.05) is 18.7 Å². The highest BCUT2D eigenvalue weighted by Crippen LogP contribution is 2.13. The van der Waals surface area contributed by atoms with Crippen molar-refractivity contribution in [2.45, 2.75) is 13.5 Å². The molecule has 7 heteroatoms. The lowest BCUT2D eigenvalue weighted by atomic mass is 10.2. The molecule has 7 nitrogen and oxygen atoms in total. The molecule has 0 spiro atoms. The summed E-state index contributed by atoms with van der Waals surface area (Å²) in [5, 5.41) is 2.67. The molecule has 2 rings (SSSR count). The zero-order chi connectivity index (χ0) is 14.5. The van der Waals surface area contributed by atoms with Crippen LogP contribution in [0.1, 0.15) is 11.3 Å². The van der Waals surface area contributed by atoms with Crippen LogP contribution in [0.3, 0.4) is 0 Å². The maximum atomic E-state index is 12.0. The number of amides is 2. The van der Waals surface area contributed by atoms with Crippen molar-refractivity contribution in [2.75, 3.05) is 19.5 Å². The number of nitrogens with zero attached hydrogens (tertiary/aromatic N) is 3. The van der Waals surface area contributed by atoms with Crippen LogP contribution in [0.25, 0.3) is 0 Å². The average Bonchev–Trinajstić information content (AvgIpc) is 2.84. The number of aryl methyl sites for hydroxylation is 1. The average molecular weight is 276 g/mol. The Morgan fingerprint density at radius 2 is 2.30 bits per heavy atom. The number of methoxy groups -OCH3 is 1. The zero-order valence-corrected chi connectivity index (χ0v) is 11.6. The molecule has 0 aliphatic carbocycles. The van der Waals surface area contributed by atoms with E-state index in [-0.39, 0.29) is 6.03 Å². The third kappa shape index (κ3) is 3.25. The van der Waals surface area contributed by atoms with Gasteiger partial charge in [0.15, 0.2) is 0 Å². The molecule has 1 N–H and O–H groups in total. The molecule has 0 atom stereocenters. The Bertz CT molecular complexity index is 597. The van der Waals surface area contributed by atoms with E-state index in [0.717, 1.165) is 11.3 Å². The van der Waals surface area contributed by atoms with Gasteiger partial charge in [-0.25, -0.2) is 14.8 Å². The number of carbonyl (C=O) groups is 1. The second kappa shape index (κ2) is 6.05. The van der Waals surface area contributed by atoms with E-state index in [1.54, 1.807) is 19.4 Å².